The maximum atomic E-state index is 12.8. The van der Waals surface area contributed by atoms with Crippen LogP contribution in [-0.2, 0) is 5.75 Å². The van der Waals surface area contributed by atoms with E-state index in [0.29, 0.717) is 28.7 Å². The fraction of sp³-hybridized carbons (Fsp3) is 0.0714. The Bertz CT molecular complexity index is 745. The van der Waals surface area contributed by atoms with Crippen LogP contribution in [0.25, 0.3) is 11.5 Å². The van der Waals surface area contributed by atoms with E-state index in [-0.39, 0.29) is 5.82 Å². The lowest BCUT2D eigenvalue weighted by atomic mass is 10.2. The molecule has 0 atom stereocenters. The fourth-order valence-electron chi connectivity index (χ4n) is 1.70. The summed E-state index contributed by atoms with van der Waals surface area (Å²) in [6.45, 7) is 0. The molecule has 0 unspecified atom stereocenters. The number of hydrogen-bond acceptors (Lipinski definition) is 6. The van der Waals surface area contributed by atoms with Crippen molar-refractivity contribution < 1.29 is 8.91 Å². The van der Waals surface area contributed by atoms with Gasteiger partial charge in [-0.05, 0) is 30.3 Å². The minimum atomic E-state index is -0.255. The Morgan fingerprint density at radius 1 is 1.19 bits per heavy atom. The third kappa shape index (κ3) is 3.19. The SMILES string of the molecule is Nc1cnccc1-c1nc(CSc2ccc(F)cc2)no1. The van der Waals surface area contributed by atoms with Gasteiger partial charge in [0.15, 0.2) is 5.82 Å². The average molecular weight is 302 g/mol. The minimum absolute atomic E-state index is 0.255. The predicted molar refractivity (Wildman–Crippen MR) is 77.9 cm³/mol. The second kappa shape index (κ2) is 5.92. The van der Waals surface area contributed by atoms with Gasteiger partial charge in [0.05, 0.1) is 23.2 Å². The number of nitrogen functional groups attached to an aromatic ring is 1. The third-order valence-corrected chi connectivity index (χ3v) is 3.74. The number of thioether (sulfide) groups is 1. The topological polar surface area (TPSA) is 77.8 Å². The van der Waals surface area contributed by atoms with Crippen molar-refractivity contribution in [2.45, 2.75) is 10.6 Å². The molecule has 0 saturated carbocycles. The van der Waals surface area contributed by atoms with Gasteiger partial charge in [-0.1, -0.05) is 5.16 Å². The first-order valence-corrected chi connectivity index (χ1v) is 7.12. The molecule has 3 rings (SSSR count). The summed E-state index contributed by atoms with van der Waals surface area (Å²) in [5.74, 6) is 1.19. The van der Waals surface area contributed by atoms with Crippen LogP contribution in [-0.4, -0.2) is 15.1 Å². The van der Waals surface area contributed by atoms with Crippen molar-refractivity contribution in [2.24, 2.45) is 0 Å². The van der Waals surface area contributed by atoms with Crippen molar-refractivity contribution in [3.8, 4) is 11.5 Å². The smallest absolute Gasteiger partial charge is 0.260 e. The minimum Gasteiger partial charge on any atom is -0.397 e. The summed E-state index contributed by atoms with van der Waals surface area (Å²) in [6, 6.07) is 7.98. The Hall–Kier alpha value is -2.41. The van der Waals surface area contributed by atoms with Crippen LogP contribution >= 0.6 is 11.8 Å². The van der Waals surface area contributed by atoms with E-state index in [0.717, 1.165) is 4.90 Å². The lowest BCUT2D eigenvalue weighted by Crippen LogP contribution is -1.91. The molecule has 7 heteroatoms. The Morgan fingerprint density at radius 3 is 2.76 bits per heavy atom. The number of benzene rings is 1. The molecule has 0 amide bonds. The lowest BCUT2D eigenvalue weighted by molar-refractivity contribution is 0.425. The molecular weight excluding hydrogens is 291 g/mol. The molecule has 0 bridgehead atoms. The summed E-state index contributed by atoms with van der Waals surface area (Å²) in [5.41, 5.74) is 6.96. The summed E-state index contributed by atoms with van der Waals surface area (Å²) in [7, 11) is 0. The number of nitrogens with two attached hydrogens (primary N) is 1. The Kier molecular flexibility index (Phi) is 3.83. The molecular formula is C14H11FN4OS. The number of hydrogen-bond donors (Lipinski definition) is 1. The van der Waals surface area contributed by atoms with Crippen molar-refractivity contribution in [3.63, 3.8) is 0 Å². The van der Waals surface area contributed by atoms with E-state index in [1.54, 1.807) is 24.4 Å². The predicted octanol–water partition coefficient (Wildman–Crippen LogP) is 3.15. The van der Waals surface area contributed by atoms with Gasteiger partial charge in [-0.3, -0.25) is 4.98 Å². The number of halogens is 1. The highest BCUT2D eigenvalue weighted by atomic mass is 32.2. The Morgan fingerprint density at radius 2 is 2.00 bits per heavy atom. The Labute approximate surface area is 124 Å². The highest BCUT2D eigenvalue weighted by molar-refractivity contribution is 7.98. The second-order valence-electron chi connectivity index (χ2n) is 4.22. The highest BCUT2D eigenvalue weighted by Gasteiger charge is 2.11. The zero-order valence-electron chi connectivity index (χ0n) is 10.9. The van der Waals surface area contributed by atoms with Gasteiger partial charge in [0.25, 0.3) is 5.89 Å². The molecule has 3 aromatic rings. The zero-order valence-corrected chi connectivity index (χ0v) is 11.7. The summed E-state index contributed by atoms with van der Waals surface area (Å²) in [4.78, 5) is 9.14. The van der Waals surface area contributed by atoms with Crippen LogP contribution in [0.2, 0.25) is 0 Å². The molecule has 0 radical (unpaired) electrons. The van der Waals surface area contributed by atoms with Crippen LogP contribution in [0.3, 0.4) is 0 Å². The van der Waals surface area contributed by atoms with Crippen molar-refractivity contribution in [2.75, 3.05) is 5.73 Å². The molecule has 0 fully saturated rings. The van der Waals surface area contributed by atoms with Crippen LogP contribution in [0.4, 0.5) is 10.1 Å². The number of pyridine rings is 1. The van der Waals surface area contributed by atoms with Gasteiger partial charge in [-0.25, -0.2) is 4.39 Å². The number of rotatable bonds is 4. The Balaban J connectivity index is 1.71. The second-order valence-corrected chi connectivity index (χ2v) is 5.27. The monoisotopic (exact) mass is 302 g/mol. The summed E-state index contributed by atoms with van der Waals surface area (Å²) < 4.78 is 18.0. The van der Waals surface area contributed by atoms with Crippen molar-refractivity contribution in [1.29, 1.82) is 0 Å². The first-order chi connectivity index (χ1) is 10.2. The van der Waals surface area contributed by atoms with Crippen LogP contribution in [0.1, 0.15) is 5.82 Å². The average Bonchev–Trinajstić information content (AvgIpc) is 2.96. The molecule has 2 N–H and O–H groups in total. The van der Waals surface area contributed by atoms with Gasteiger partial charge < -0.3 is 10.3 Å². The lowest BCUT2D eigenvalue weighted by Gasteiger charge is -1.98. The van der Waals surface area contributed by atoms with Gasteiger partial charge >= 0.3 is 0 Å². The number of nitrogens with zero attached hydrogens (tertiary/aromatic N) is 3. The van der Waals surface area contributed by atoms with Gasteiger partial charge in [-0.2, -0.15) is 4.98 Å². The maximum absolute atomic E-state index is 12.8. The summed E-state index contributed by atoms with van der Waals surface area (Å²) in [5, 5.41) is 3.91. The first-order valence-electron chi connectivity index (χ1n) is 6.13. The zero-order chi connectivity index (χ0) is 14.7. The molecule has 0 aliphatic carbocycles. The van der Waals surface area contributed by atoms with E-state index in [1.807, 2.05) is 0 Å². The van der Waals surface area contributed by atoms with Crippen LogP contribution in [0.5, 0.6) is 0 Å². The van der Waals surface area contributed by atoms with E-state index < -0.39 is 0 Å². The van der Waals surface area contributed by atoms with Gasteiger partial charge in [-0.15, -0.1) is 11.8 Å². The van der Waals surface area contributed by atoms with E-state index in [2.05, 4.69) is 15.1 Å². The molecule has 0 aliphatic rings. The van der Waals surface area contributed by atoms with E-state index in [9.17, 15) is 4.39 Å². The van der Waals surface area contributed by atoms with E-state index in [1.165, 1.54) is 30.1 Å². The van der Waals surface area contributed by atoms with Gasteiger partial charge in [0, 0.05) is 11.1 Å². The highest BCUT2D eigenvalue weighted by Crippen LogP contribution is 2.25. The van der Waals surface area contributed by atoms with Gasteiger partial charge in [0.2, 0.25) is 0 Å². The molecule has 21 heavy (non-hydrogen) atoms. The van der Waals surface area contributed by atoms with Crippen molar-refractivity contribution >= 4 is 17.4 Å². The molecule has 0 saturated heterocycles. The van der Waals surface area contributed by atoms with Crippen molar-refractivity contribution in [3.05, 3.63) is 54.4 Å². The standard InChI is InChI=1S/C14H11FN4OS/c15-9-1-3-10(4-2-9)21-8-13-18-14(20-19-13)11-5-6-17-7-12(11)16/h1-7H,8,16H2. The molecule has 2 aromatic heterocycles. The maximum Gasteiger partial charge on any atom is 0.260 e. The molecule has 0 aliphatic heterocycles. The molecule has 5 nitrogen and oxygen atoms in total. The number of anilines is 1. The summed E-state index contributed by atoms with van der Waals surface area (Å²) >= 11 is 1.50. The van der Waals surface area contributed by atoms with E-state index >= 15 is 0 Å². The third-order valence-electron chi connectivity index (χ3n) is 2.73. The van der Waals surface area contributed by atoms with Crippen molar-refractivity contribution in [1.82, 2.24) is 15.1 Å². The molecule has 106 valence electrons. The van der Waals surface area contributed by atoms with E-state index in [4.69, 9.17) is 10.3 Å². The normalized spacial score (nSPS) is 10.7. The fourth-order valence-corrected chi connectivity index (χ4v) is 2.44. The summed E-state index contributed by atoms with van der Waals surface area (Å²) in [6.07, 6.45) is 3.15. The molecule has 0 spiro atoms. The van der Waals surface area contributed by atoms with Crippen LogP contribution in [0, 0.1) is 5.82 Å². The number of aromatic nitrogens is 3. The molecule has 1 aromatic carbocycles. The van der Waals surface area contributed by atoms with Crippen LogP contribution in [0.15, 0.2) is 52.1 Å². The molecule has 2 heterocycles. The van der Waals surface area contributed by atoms with Crippen LogP contribution < -0.4 is 5.73 Å². The quantitative estimate of drug-likeness (QED) is 0.746. The largest absolute Gasteiger partial charge is 0.397 e. The first kappa shape index (κ1) is 13.6. The van der Waals surface area contributed by atoms with Gasteiger partial charge in [0.1, 0.15) is 5.82 Å².